The molecule has 4 nitrogen and oxygen atoms in total. The van der Waals surface area contributed by atoms with Crippen molar-refractivity contribution in [3.63, 3.8) is 0 Å². The summed E-state index contributed by atoms with van der Waals surface area (Å²) in [5.74, 6) is 0. The van der Waals surface area contributed by atoms with Crippen LogP contribution < -0.4 is 4.74 Å². The molecule has 1 aliphatic heterocycles. The number of carbonyl (C=O) groups is 1. The predicted molar refractivity (Wildman–Crippen MR) is 79.9 cm³/mol. The zero-order chi connectivity index (χ0) is 14.3. The number of likely N-dealkylation sites (N-methyl/N-ethyl adjacent to an activating group) is 1. The van der Waals surface area contributed by atoms with Gasteiger partial charge in [-0.1, -0.05) is 22.9 Å². The van der Waals surface area contributed by atoms with Crippen LogP contribution in [0.3, 0.4) is 0 Å². The highest BCUT2D eigenvalue weighted by Gasteiger charge is 2.24. The minimum absolute atomic E-state index is 0.601. The highest BCUT2D eigenvalue weighted by molar-refractivity contribution is 7.21. The van der Waals surface area contributed by atoms with Crippen LogP contribution >= 0.6 is 22.9 Å². The lowest BCUT2D eigenvalue weighted by molar-refractivity contribution is 0.122. The Morgan fingerprint density at radius 1 is 1.40 bits per heavy atom. The Morgan fingerprint density at radius 3 is 2.95 bits per heavy atom. The van der Waals surface area contributed by atoms with Gasteiger partial charge in [-0.15, -0.1) is 0 Å². The maximum atomic E-state index is 11.4. The second kappa shape index (κ2) is 5.24. The Bertz CT molecular complexity index is 683. The molecule has 0 fully saturated rings. The summed E-state index contributed by atoms with van der Waals surface area (Å²) >= 11 is 7.78. The van der Waals surface area contributed by atoms with E-state index in [1.54, 1.807) is 0 Å². The quantitative estimate of drug-likeness (QED) is 0.753. The third-order valence-electron chi connectivity index (χ3n) is 3.48. The molecule has 20 heavy (non-hydrogen) atoms. The second-order valence-corrected chi connectivity index (χ2v) is 6.23. The molecule has 0 atom stereocenters. The van der Waals surface area contributed by atoms with Gasteiger partial charge in [0.1, 0.15) is 0 Å². The van der Waals surface area contributed by atoms with Crippen molar-refractivity contribution in [1.29, 1.82) is 0 Å². The molecule has 0 radical (unpaired) electrons. The SMILES string of the molecule is COC(=O)Oc1sc2ccc(Cl)c3c2c1CN(C)CC3. The summed E-state index contributed by atoms with van der Waals surface area (Å²) in [5, 5.41) is 2.51. The Hall–Kier alpha value is -1.30. The minimum Gasteiger partial charge on any atom is -0.437 e. The first-order valence-electron chi connectivity index (χ1n) is 6.27. The van der Waals surface area contributed by atoms with Gasteiger partial charge in [-0.2, -0.15) is 0 Å². The first-order chi connectivity index (χ1) is 9.60. The van der Waals surface area contributed by atoms with Crippen LogP contribution in [-0.2, 0) is 17.7 Å². The van der Waals surface area contributed by atoms with E-state index < -0.39 is 6.16 Å². The van der Waals surface area contributed by atoms with Crippen LogP contribution in [0.25, 0.3) is 10.1 Å². The number of carbonyl (C=O) groups excluding carboxylic acids is 1. The van der Waals surface area contributed by atoms with Crippen molar-refractivity contribution < 1.29 is 14.3 Å². The molecule has 106 valence electrons. The fourth-order valence-electron chi connectivity index (χ4n) is 2.52. The molecule has 1 aliphatic rings. The summed E-state index contributed by atoms with van der Waals surface area (Å²) in [6.07, 6.45) is 0.209. The smallest absolute Gasteiger partial charge is 0.437 e. The first kappa shape index (κ1) is 13.7. The molecule has 0 saturated carbocycles. The summed E-state index contributed by atoms with van der Waals surface area (Å²) < 4.78 is 11.0. The number of hydrogen-bond donors (Lipinski definition) is 0. The molecule has 6 heteroatoms. The van der Waals surface area contributed by atoms with E-state index in [-0.39, 0.29) is 0 Å². The standard InChI is InChI=1S/C14H14ClNO3S/c1-16-6-5-8-10(15)3-4-11-12(8)9(7-16)13(20-11)19-14(17)18-2/h3-4H,5-7H2,1-2H3. The van der Waals surface area contributed by atoms with Gasteiger partial charge in [-0.3, -0.25) is 0 Å². The minimum atomic E-state index is -0.688. The number of benzene rings is 1. The van der Waals surface area contributed by atoms with Gasteiger partial charge in [-0.05, 0) is 31.2 Å². The van der Waals surface area contributed by atoms with Crippen molar-refractivity contribution in [2.24, 2.45) is 0 Å². The van der Waals surface area contributed by atoms with Crippen molar-refractivity contribution in [2.45, 2.75) is 13.0 Å². The lowest BCUT2D eigenvalue weighted by Crippen LogP contribution is -2.19. The van der Waals surface area contributed by atoms with E-state index in [9.17, 15) is 4.79 Å². The Morgan fingerprint density at radius 2 is 2.20 bits per heavy atom. The van der Waals surface area contributed by atoms with Gasteiger partial charge in [0.25, 0.3) is 0 Å². The fourth-order valence-corrected chi connectivity index (χ4v) is 3.86. The van der Waals surface area contributed by atoms with Gasteiger partial charge in [0.15, 0.2) is 5.06 Å². The molecule has 2 heterocycles. The zero-order valence-corrected chi connectivity index (χ0v) is 12.8. The van der Waals surface area contributed by atoms with E-state index in [1.165, 1.54) is 18.4 Å². The van der Waals surface area contributed by atoms with E-state index in [0.717, 1.165) is 45.7 Å². The number of thiophene rings is 1. The summed E-state index contributed by atoms with van der Waals surface area (Å²) in [6, 6.07) is 3.89. The maximum absolute atomic E-state index is 11.4. The van der Waals surface area contributed by atoms with Crippen LogP contribution in [0.1, 0.15) is 11.1 Å². The Kier molecular flexibility index (Phi) is 3.58. The first-order valence-corrected chi connectivity index (χ1v) is 7.46. The summed E-state index contributed by atoms with van der Waals surface area (Å²) in [6.45, 7) is 1.66. The predicted octanol–water partition coefficient (Wildman–Crippen LogP) is 3.69. The second-order valence-electron chi connectivity index (χ2n) is 4.81. The average molecular weight is 312 g/mol. The van der Waals surface area contributed by atoms with Crippen LogP contribution in [0.4, 0.5) is 4.79 Å². The Balaban J connectivity index is 2.20. The molecular formula is C14H14ClNO3S. The molecule has 0 amide bonds. The molecule has 0 bridgehead atoms. The highest BCUT2D eigenvalue weighted by atomic mass is 35.5. The van der Waals surface area contributed by atoms with Gasteiger partial charge < -0.3 is 14.4 Å². The number of ether oxygens (including phenoxy) is 2. The molecule has 0 saturated heterocycles. The normalized spacial score (nSPS) is 15.2. The van der Waals surface area contributed by atoms with E-state index in [0.29, 0.717) is 5.06 Å². The molecule has 0 spiro atoms. The fraction of sp³-hybridized carbons (Fsp3) is 0.357. The van der Waals surface area contributed by atoms with Gasteiger partial charge in [0.2, 0.25) is 0 Å². The zero-order valence-electron chi connectivity index (χ0n) is 11.2. The number of nitrogens with zero attached hydrogens (tertiary/aromatic N) is 1. The van der Waals surface area contributed by atoms with Crippen LogP contribution in [0, 0.1) is 0 Å². The number of halogens is 1. The molecule has 1 aromatic carbocycles. The van der Waals surface area contributed by atoms with Crippen LogP contribution in [0.5, 0.6) is 5.06 Å². The van der Waals surface area contributed by atoms with E-state index in [2.05, 4.69) is 9.64 Å². The monoisotopic (exact) mass is 311 g/mol. The van der Waals surface area contributed by atoms with Gasteiger partial charge >= 0.3 is 6.16 Å². The van der Waals surface area contributed by atoms with Crippen LogP contribution in [0.2, 0.25) is 5.02 Å². The van der Waals surface area contributed by atoms with Gasteiger partial charge in [0.05, 0.1) is 7.11 Å². The lowest BCUT2D eigenvalue weighted by Gasteiger charge is -2.13. The molecule has 3 rings (SSSR count). The van der Waals surface area contributed by atoms with Crippen molar-refractivity contribution in [1.82, 2.24) is 4.90 Å². The van der Waals surface area contributed by atoms with Gasteiger partial charge in [-0.25, -0.2) is 4.79 Å². The molecule has 0 N–H and O–H groups in total. The van der Waals surface area contributed by atoms with Gasteiger partial charge in [0, 0.05) is 33.8 Å². The van der Waals surface area contributed by atoms with E-state index in [4.69, 9.17) is 16.3 Å². The Labute approximate surface area is 125 Å². The summed E-state index contributed by atoms with van der Waals surface area (Å²) in [7, 11) is 3.35. The number of methoxy groups -OCH3 is 1. The van der Waals surface area contributed by atoms with Crippen molar-refractivity contribution in [3.05, 3.63) is 28.3 Å². The lowest BCUT2D eigenvalue weighted by atomic mass is 10.1. The van der Waals surface area contributed by atoms with Crippen LogP contribution in [-0.4, -0.2) is 31.8 Å². The molecule has 2 aromatic rings. The molecular weight excluding hydrogens is 298 g/mol. The van der Waals surface area contributed by atoms with Crippen molar-refractivity contribution >= 4 is 39.2 Å². The number of hydrogen-bond acceptors (Lipinski definition) is 5. The topological polar surface area (TPSA) is 38.8 Å². The van der Waals surface area contributed by atoms with Crippen molar-refractivity contribution in [3.8, 4) is 5.06 Å². The molecule has 0 unspecified atom stereocenters. The van der Waals surface area contributed by atoms with Crippen molar-refractivity contribution in [2.75, 3.05) is 20.7 Å². The van der Waals surface area contributed by atoms with E-state index >= 15 is 0 Å². The molecule has 1 aromatic heterocycles. The highest BCUT2D eigenvalue weighted by Crippen LogP contribution is 2.43. The summed E-state index contributed by atoms with van der Waals surface area (Å²) in [4.78, 5) is 13.6. The maximum Gasteiger partial charge on any atom is 0.514 e. The average Bonchev–Trinajstić information content (AvgIpc) is 2.64. The largest absolute Gasteiger partial charge is 0.514 e. The summed E-state index contributed by atoms with van der Waals surface area (Å²) in [5.41, 5.74) is 2.16. The van der Waals surface area contributed by atoms with E-state index in [1.807, 2.05) is 19.2 Å². The third-order valence-corrected chi connectivity index (χ3v) is 4.91. The number of rotatable bonds is 1. The van der Waals surface area contributed by atoms with Crippen LogP contribution in [0.15, 0.2) is 12.1 Å². The molecule has 0 aliphatic carbocycles. The third kappa shape index (κ3) is 2.26.